The molecule has 2 fully saturated rings. The standard InChI is InChI=1S/C17H24N2O3/c1-12-9-13(10-15(20)18-12)16(21)19-8-4-7-17(11-19)6-3-5-14(17)22-2/h9-10,14H,3-8,11H2,1-2H3,(H,18,20)/t14-,17-/m1/s1. The molecule has 0 bridgehead atoms. The van der Waals surface area contributed by atoms with Crippen LogP contribution in [-0.2, 0) is 4.74 Å². The van der Waals surface area contributed by atoms with Gasteiger partial charge in [0.1, 0.15) is 0 Å². The Morgan fingerprint density at radius 3 is 2.86 bits per heavy atom. The van der Waals surface area contributed by atoms with Gasteiger partial charge >= 0.3 is 0 Å². The number of nitrogens with zero attached hydrogens (tertiary/aromatic N) is 1. The molecule has 0 unspecified atom stereocenters. The normalized spacial score (nSPS) is 28.3. The summed E-state index contributed by atoms with van der Waals surface area (Å²) in [6, 6.07) is 3.16. The van der Waals surface area contributed by atoms with Crippen LogP contribution in [0.2, 0.25) is 0 Å². The number of nitrogens with one attached hydrogen (secondary N) is 1. The van der Waals surface area contributed by atoms with E-state index in [4.69, 9.17) is 4.74 Å². The molecule has 5 heteroatoms. The Balaban J connectivity index is 1.82. The van der Waals surface area contributed by atoms with Gasteiger partial charge in [0.15, 0.2) is 0 Å². The Morgan fingerprint density at radius 1 is 1.36 bits per heavy atom. The molecular weight excluding hydrogens is 280 g/mol. The number of pyridine rings is 1. The van der Waals surface area contributed by atoms with Crippen LogP contribution in [0.1, 0.15) is 48.2 Å². The lowest BCUT2D eigenvalue weighted by Gasteiger charge is -2.43. The lowest BCUT2D eigenvalue weighted by Crippen LogP contribution is -2.49. The SMILES string of the molecule is CO[C@@H]1CCC[C@]12CCCN(C(=O)c1cc(C)[nH]c(=O)c1)C2. The molecule has 0 aromatic carbocycles. The fraction of sp³-hybridized carbons (Fsp3) is 0.647. The quantitative estimate of drug-likeness (QED) is 0.910. The third kappa shape index (κ3) is 2.70. The lowest BCUT2D eigenvalue weighted by molar-refractivity contribution is -0.0295. The van der Waals surface area contributed by atoms with Crippen molar-refractivity contribution in [1.29, 1.82) is 0 Å². The average Bonchev–Trinajstić information content (AvgIpc) is 2.87. The minimum Gasteiger partial charge on any atom is -0.381 e. The first-order valence-electron chi connectivity index (χ1n) is 8.07. The second kappa shape index (κ2) is 5.88. The van der Waals surface area contributed by atoms with Gasteiger partial charge in [-0.2, -0.15) is 0 Å². The van der Waals surface area contributed by atoms with Gasteiger partial charge in [0.25, 0.3) is 5.91 Å². The molecule has 1 saturated heterocycles. The summed E-state index contributed by atoms with van der Waals surface area (Å²) in [6.07, 6.45) is 5.78. The van der Waals surface area contributed by atoms with Crippen molar-refractivity contribution >= 4 is 5.91 Å². The number of methoxy groups -OCH3 is 1. The van der Waals surface area contributed by atoms with Crippen LogP contribution < -0.4 is 5.56 Å². The van der Waals surface area contributed by atoms with Crippen molar-refractivity contribution in [3.63, 3.8) is 0 Å². The molecule has 1 aromatic rings. The van der Waals surface area contributed by atoms with Gasteiger partial charge in [0, 0.05) is 42.9 Å². The summed E-state index contributed by atoms with van der Waals surface area (Å²) in [6.45, 7) is 3.31. The topological polar surface area (TPSA) is 62.4 Å². The predicted octanol–water partition coefficient (Wildman–Crippen LogP) is 2.10. The third-order valence-electron chi connectivity index (χ3n) is 5.23. The second-order valence-electron chi connectivity index (χ2n) is 6.73. The predicted molar refractivity (Wildman–Crippen MR) is 84.0 cm³/mol. The highest BCUT2D eigenvalue weighted by molar-refractivity contribution is 5.94. The molecule has 2 heterocycles. The monoisotopic (exact) mass is 304 g/mol. The summed E-state index contributed by atoms with van der Waals surface area (Å²) >= 11 is 0. The van der Waals surface area contributed by atoms with E-state index in [1.807, 2.05) is 4.90 Å². The number of ether oxygens (including phenoxy) is 1. The first-order chi connectivity index (χ1) is 10.5. The molecule has 5 nitrogen and oxygen atoms in total. The molecular formula is C17H24N2O3. The van der Waals surface area contributed by atoms with Gasteiger partial charge < -0.3 is 14.6 Å². The number of carbonyl (C=O) groups excluding carboxylic acids is 1. The molecule has 22 heavy (non-hydrogen) atoms. The first-order valence-corrected chi connectivity index (χ1v) is 8.07. The number of aromatic nitrogens is 1. The van der Waals surface area contributed by atoms with Crippen LogP contribution in [0, 0.1) is 12.3 Å². The number of hydrogen-bond acceptors (Lipinski definition) is 3. The number of rotatable bonds is 2. The summed E-state index contributed by atoms with van der Waals surface area (Å²) in [4.78, 5) is 29.0. The summed E-state index contributed by atoms with van der Waals surface area (Å²) in [5.74, 6) is -0.0324. The lowest BCUT2D eigenvalue weighted by atomic mass is 9.76. The van der Waals surface area contributed by atoms with Gasteiger partial charge in [-0.25, -0.2) is 0 Å². The summed E-state index contributed by atoms with van der Waals surface area (Å²) in [5.41, 5.74) is 1.10. The van der Waals surface area contributed by atoms with E-state index in [9.17, 15) is 9.59 Å². The number of aryl methyl sites for hydroxylation is 1. The van der Waals surface area contributed by atoms with Crippen LogP contribution in [0.25, 0.3) is 0 Å². The highest BCUT2D eigenvalue weighted by Gasteiger charge is 2.46. The molecule has 2 aliphatic rings. The summed E-state index contributed by atoms with van der Waals surface area (Å²) in [7, 11) is 1.78. The maximum absolute atomic E-state index is 12.8. The molecule has 1 spiro atoms. The van der Waals surface area contributed by atoms with Gasteiger partial charge in [0.05, 0.1) is 6.10 Å². The number of likely N-dealkylation sites (tertiary alicyclic amines) is 1. The zero-order valence-corrected chi connectivity index (χ0v) is 13.4. The maximum Gasteiger partial charge on any atom is 0.254 e. The van der Waals surface area contributed by atoms with Gasteiger partial charge in [-0.3, -0.25) is 9.59 Å². The van der Waals surface area contributed by atoms with Gasteiger partial charge in [0.2, 0.25) is 5.56 Å². The highest BCUT2D eigenvalue weighted by Crippen LogP contribution is 2.46. The molecule has 0 radical (unpaired) electrons. The van der Waals surface area contributed by atoms with Crippen LogP contribution in [-0.4, -0.2) is 42.1 Å². The molecule has 2 atom stereocenters. The number of amides is 1. The zero-order chi connectivity index (χ0) is 15.7. The molecule has 3 rings (SSSR count). The van der Waals surface area contributed by atoms with E-state index in [1.54, 1.807) is 20.1 Å². The summed E-state index contributed by atoms with van der Waals surface area (Å²) in [5, 5.41) is 0. The first kappa shape index (κ1) is 15.3. The summed E-state index contributed by atoms with van der Waals surface area (Å²) < 4.78 is 5.68. The Kier molecular flexibility index (Phi) is 4.08. The van der Waals surface area contributed by atoms with Crippen LogP contribution in [0.3, 0.4) is 0 Å². The van der Waals surface area contributed by atoms with Crippen molar-refractivity contribution in [1.82, 2.24) is 9.88 Å². The molecule has 120 valence electrons. The molecule has 1 aromatic heterocycles. The Morgan fingerprint density at radius 2 is 2.14 bits per heavy atom. The van der Waals surface area contributed by atoms with E-state index in [-0.39, 0.29) is 23.0 Å². The van der Waals surface area contributed by atoms with Gasteiger partial charge in [-0.05, 0) is 38.7 Å². The third-order valence-corrected chi connectivity index (χ3v) is 5.23. The van der Waals surface area contributed by atoms with E-state index in [0.717, 1.165) is 44.5 Å². The molecule has 1 N–H and O–H groups in total. The molecule has 1 saturated carbocycles. The van der Waals surface area contributed by atoms with Crippen molar-refractivity contribution in [3.8, 4) is 0 Å². The average molecular weight is 304 g/mol. The minimum atomic E-state index is -0.217. The van der Waals surface area contributed by atoms with E-state index in [0.29, 0.717) is 5.56 Å². The number of aromatic amines is 1. The molecule has 1 aliphatic carbocycles. The fourth-order valence-electron chi connectivity index (χ4n) is 4.26. The van der Waals surface area contributed by atoms with Crippen molar-refractivity contribution in [3.05, 3.63) is 33.7 Å². The number of piperidine rings is 1. The van der Waals surface area contributed by atoms with E-state index in [2.05, 4.69) is 4.98 Å². The second-order valence-corrected chi connectivity index (χ2v) is 6.73. The largest absolute Gasteiger partial charge is 0.381 e. The van der Waals surface area contributed by atoms with Gasteiger partial charge in [-0.1, -0.05) is 6.42 Å². The van der Waals surface area contributed by atoms with Crippen LogP contribution in [0.15, 0.2) is 16.9 Å². The minimum absolute atomic E-state index is 0.0324. The van der Waals surface area contributed by atoms with Crippen LogP contribution in [0.5, 0.6) is 0 Å². The number of hydrogen-bond donors (Lipinski definition) is 1. The van der Waals surface area contributed by atoms with Crippen LogP contribution >= 0.6 is 0 Å². The molecule has 1 amide bonds. The number of H-pyrrole nitrogens is 1. The van der Waals surface area contributed by atoms with Crippen molar-refractivity contribution in [2.24, 2.45) is 5.41 Å². The van der Waals surface area contributed by atoms with Crippen molar-refractivity contribution in [2.45, 2.75) is 45.1 Å². The smallest absolute Gasteiger partial charge is 0.254 e. The molecule has 1 aliphatic heterocycles. The Bertz CT molecular complexity index is 625. The van der Waals surface area contributed by atoms with Gasteiger partial charge in [-0.15, -0.1) is 0 Å². The Hall–Kier alpha value is -1.62. The van der Waals surface area contributed by atoms with Crippen molar-refractivity contribution in [2.75, 3.05) is 20.2 Å². The van der Waals surface area contributed by atoms with E-state index in [1.165, 1.54) is 12.5 Å². The Labute approximate surface area is 130 Å². The van der Waals surface area contributed by atoms with E-state index >= 15 is 0 Å². The fourth-order valence-corrected chi connectivity index (χ4v) is 4.26. The zero-order valence-electron chi connectivity index (χ0n) is 13.4. The van der Waals surface area contributed by atoms with Crippen molar-refractivity contribution < 1.29 is 9.53 Å². The van der Waals surface area contributed by atoms with E-state index < -0.39 is 0 Å². The number of carbonyl (C=O) groups is 1. The van der Waals surface area contributed by atoms with Crippen LogP contribution in [0.4, 0.5) is 0 Å². The highest BCUT2D eigenvalue weighted by atomic mass is 16.5. The maximum atomic E-state index is 12.8.